The maximum Gasteiger partial charge on any atom is 0.264 e. The van der Waals surface area contributed by atoms with E-state index in [-0.39, 0.29) is 16.7 Å². The maximum atomic E-state index is 12.7. The summed E-state index contributed by atoms with van der Waals surface area (Å²) in [6.45, 7) is 2.46. The Kier molecular flexibility index (Phi) is 7.49. The lowest BCUT2D eigenvalue weighted by molar-refractivity contribution is -0.120. The minimum atomic E-state index is -3.91. The first-order valence-corrected chi connectivity index (χ1v) is 12.9. The van der Waals surface area contributed by atoms with E-state index in [9.17, 15) is 18.0 Å². The molecule has 0 spiro atoms. The summed E-state index contributed by atoms with van der Waals surface area (Å²) in [6, 6.07) is 17.2. The second kappa shape index (κ2) is 10.7. The lowest BCUT2D eigenvalue weighted by atomic mass is 9.96. The van der Waals surface area contributed by atoms with E-state index in [2.05, 4.69) is 20.4 Å². The third-order valence-electron chi connectivity index (χ3n) is 5.94. The number of hydrogen-bond acceptors (Lipinski definition) is 8. The number of ether oxygens (including phenoxy) is 1. The maximum absolute atomic E-state index is 12.7. The van der Waals surface area contributed by atoms with Crippen molar-refractivity contribution in [2.45, 2.75) is 24.7 Å². The highest BCUT2D eigenvalue weighted by Gasteiger charge is 2.26. The molecule has 4 rings (SSSR count). The molecule has 36 heavy (non-hydrogen) atoms. The Hall–Kier alpha value is -3.99. The Labute approximate surface area is 209 Å². The summed E-state index contributed by atoms with van der Waals surface area (Å²) in [4.78, 5) is 25.9. The quantitative estimate of drug-likeness (QED) is 0.497. The van der Waals surface area contributed by atoms with Crippen LogP contribution in [0.3, 0.4) is 0 Å². The van der Waals surface area contributed by atoms with Crippen LogP contribution in [0.25, 0.3) is 11.3 Å². The van der Waals surface area contributed by atoms with Gasteiger partial charge in [-0.2, -0.15) is 0 Å². The number of nitrogens with one attached hydrogen (secondary N) is 2. The fourth-order valence-corrected chi connectivity index (χ4v) is 4.98. The third kappa shape index (κ3) is 5.98. The predicted octanol–water partition coefficient (Wildman–Crippen LogP) is 2.83. The van der Waals surface area contributed by atoms with Gasteiger partial charge in [0.05, 0.1) is 17.7 Å². The number of hydrogen-bond donors (Lipinski definition) is 2. The van der Waals surface area contributed by atoms with Crippen molar-refractivity contribution in [3.8, 4) is 17.0 Å². The number of anilines is 2. The Morgan fingerprint density at radius 1 is 0.944 bits per heavy atom. The van der Waals surface area contributed by atoms with Crippen LogP contribution in [-0.4, -0.2) is 50.6 Å². The van der Waals surface area contributed by atoms with Gasteiger partial charge in [0.15, 0.2) is 5.82 Å². The van der Waals surface area contributed by atoms with Crippen LogP contribution in [0.1, 0.15) is 19.8 Å². The van der Waals surface area contributed by atoms with Gasteiger partial charge in [0.25, 0.3) is 10.0 Å². The Bertz CT molecular complexity index is 1320. The molecule has 2 heterocycles. The summed E-state index contributed by atoms with van der Waals surface area (Å²) >= 11 is 0. The highest BCUT2D eigenvalue weighted by Crippen LogP contribution is 2.25. The number of piperidine rings is 1. The van der Waals surface area contributed by atoms with Crippen LogP contribution in [0.5, 0.6) is 5.75 Å². The SMILES string of the molecule is COc1ccc(-c2ccc(N3CCC(C(=O)Nc4ccc(S(=O)(=O)NC(C)=O)cc4)CC3)nn2)cc1. The van der Waals surface area contributed by atoms with Gasteiger partial charge in [-0.3, -0.25) is 9.59 Å². The van der Waals surface area contributed by atoms with Gasteiger partial charge in [0.1, 0.15) is 5.75 Å². The van der Waals surface area contributed by atoms with Crippen LogP contribution in [0.15, 0.2) is 65.6 Å². The molecule has 0 atom stereocenters. The fourth-order valence-electron chi connectivity index (χ4n) is 3.99. The van der Waals surface area contributed by atoms with Crippen LogP contribution < -0.4 is 19.7 Å². The Morgan fingerprint density at radius 2 is 1.61 bits per heavy atom. The van der Waals surface area contributed by atoms with Gasteiger partial charge in [-0.1, -0.05) is 0 Å². The van der Waals surface area contributed by atoms with Gasteiger partial charge in [0, 0.05) is 37.2 Å². The number of carbonyl (C=O) groups excluding carboxylic acids is 2. The van der Waals surface area contributed by atoms with Crippen molar-refractivity contribution in [1.82, 2.24) is 14.9 Å². The number of sulfonamides is 1. The number of nitrogens with zero attached hydrogens (tertiary/aromatic N) is 3. The molecule has 0 aliphatic carbocycles. The summed E-state index contributed by atoms with van der Waals surface area (Å²) in [5, 5.41) is 11.6. The zero-order chi connectivity index (χ0) is 25.7. The van der Waals surface area contributed by atoms with Crippen LogP contribution in [-0.2, 0) is 19.6 Å². The molecule has 1 aliphatic heterocycles. The van der Waals surface area contributed by atoms with E-state index < -0.39 is 15.9 Å². The van der Waals surface area contributed by atoms with E-state index in [1.54, 1.807) is 7.11 Å². The van der Waals surface area contributed by atoms with E-state index in [4.69, 9.17) is 4.74 Å². The van der Waals surface area contributed by atoms with Crippen LogP contribution >= 0.6 is 0 Å². The van der Waals surface area contributed by atoms with E-state index in [0.29, 0.717) is 31.6 Å². The van der Waals surface area contributed by atoms with Crippen LogP contribution in [0.4, 0.5) is 11.5 Å². The van der Waals surface area contributed by atoms with Gasteiger partial charge in [-0.25, -0.2) is 13.1 Å². The minimum absolute atomic E-state index is 0.0527. The average molecular weight is 510 g/mol. The highest BCUT2D eigenvalue weighted by molar-refractivity contribution is 7.90. The summed E-state index contributed by atoms with van der Waals surface area (Å²) in [5.41, 5.74) is 2.21. The summed E-state index contributed by atoms with van der Waals surface area (Å²) in [5.74, 6) is 0.589. The standard InChI is InChI=1S/C25H27N5O5S/c1-17(31)29-36(33,34)22-9-5-20(6-10-22)26-25(32)19-13-15-30(16-14-19)24-12-11-23(27-28-24)18-3-7-21(35-2)8-4-18/h3-12,19H,13-16H2,1-2H3,(H,26,32)(H,29,31). The van der Waals surface area contributed by atoms with E-state index >= 15 is 0 Å². The van der Waals surface area contributed by atoms with Gasteiger partial charge in [-0.15, -0.1) is 10.2 Å². The van der Waals surface area contributed by atoms with E-state index in [1.165, 1.54) is 24.3 Å². The lowest BCUT2D eigenvalue weighted by Crippen LogP contribution is -2.38. The first kappa shape index (κ1) is 25.1. The van der Waals surface area contributed by atoms with Crippen molar-refractivity contribution in [2.24, 2.45) is 5.92 Å². The van der Waals surface area contributed by atoms with Gasteiger partial charge in [0.2, 0.25) is 11.8 Å². The average Bonchev–Trinajstić information content (AvgIpc) is 2.88. The molecular weight excluding hydrogens is 482 g/mol. The molecule has 0 unspecified atom stereocenters. The van der Waals surface area contributed by atoms with E-state index in [0.717, 1.165) is 29.7 Å². The topological polar surface area (TPSA) is 131 Å². The molecule has 188 valence electrons. The normalized spacial score (nSPS) is 14.2. The molecular formula is C25H27N5O5S. The molecule has 0 radical (unpaired) electrons. The molecule has 0 saturated carbocycles. The molecule has 11 heteroatoms. The molecule has 0 bridgehead atoms. The molecule has 10 nitrogen and oxygen atoms in total. The first-order valence-electron chi connectivity index (χ1n) is 11.4. The largest absolute Gasteiger partial charge is 0.497 e. The van der Waals surface area contributed by atoms with Crippen LogP contribution in [0, 0.1) is 5.92 Å². The summed E-state index contributed by atoms with van der Waals surface area (Å²) in [7, 11) is -2.29. The number of methoxy groups -OCH3 is 1. The number of amides is 2. The number of benzene rings is 2. The summed E-state index contributed by atoms with van der Waals surface area (Å²) < 4.78 is 31.2. The number of carbonyl (C=O) groups is 2. The zero-order valence-corrected chi connectivity index (χ0v) is 20.8. The zero-order valence-electron chi connectivity index (χ0n) is 20.0. The summed E-state index contributed by atoms with van der Waals surface area (Å²) in [6.07, 6.45) is 1.31. The van der Waals surface area contributed by atoms with Crippen molar-refractivity contribution in [3.63, 3.8) is 0 Å². The Morgan fingerprint density at radius 3 is 2.17 bits per heavy atom. The molecule has 2 aromatic carbocycles. The minimum Gasteiger partial charge on any atom is -0.497 e. The molecule has 2 N–H and O–H groups in total. The molecule has 2 amide bonds. The highest BCUT2D eigenvalue weighted by atomic mass is 32.2. The second-order valence-electron chi connectivity index (χ2n) is 8.44. The fraction of sp³-hybridized carbons (Fsp3) is 0.280. The molecule has 1 fully saturated rings. The van der Waals surface area contributed by atoms with Crippen molar-refractivity contribution < 1.29 is 22.7 Å². The monoisotopic (exact) mass is 509 g/mol. The third-order valence-corrected chi connectivity index (χ3v) is 7.39. The van der Waals surface area contributed by atoms with Crippen molar-refractivity contribution >= 4 is 33.3 Å². The lowest BCUT2D eigenvalue weighted by Gasteiger charge is -2.31. The molecule has 1 aromatic heterocycles. The van der Waals surface area contributed by atoms with Crippen molar-refractivity contribution in [3.05, 3.63) is 60.7 Å². The number of rotatable bonds is 7. The van der Waals surface area contributed by atoms with Gasteiger partial charge in [-0.05, 0) is 73.5 Å². The van der Waals surface area contributed by atoms with Gasteiger partial charge < -0.3 is 15.0 Å². The van der Waals surface area contributed by atoms with E-state index in [1.807, 2.05) is 41.1 Å². The molecule has 3 aromatic rings. The van der Waals surface area contributed by atoms with Gasteiger partial charge >= 0.3 is 0 Å². The smallest absolute Gasteiger partial charge is 0.264 e. The van der Waals surface area contributed by atoms with Crippen molar-refractivity contribution in [2.75, 3.05) is 30.4 Å². The van der Waals surface area contributed by atoms with Crippen molar-refractivity contribution in [1.29, 1.82) is 0 Å². The molecule has 1 aliphatic rings. The van der Waals surface area contributed by atoms with Crippen LogP contribution in [0.2, 0.25) is 0 Å². The second-order valence-corrected chi connectivity index (χ2v) is 10.1. The Balaban J connectivity index is 1.30. The number of aromatic nitrogens is 2. The predicted molar refractivity (Wildman–Crippen MR) is 135 cm³/mol. The molecule has 1 saturated heterocycles. The first-order chi connectivity index (χ1) is 17.2.